The number of carbonyl (C=O) groups is 1. The predicted molar refractivity (Wildman–Crippen MR) is 141 cm³/mol. The van der Waals surface area contributed by atoms with Crippen molar-refractivity contribution in [1.29, 1.82) is 5.26 Å². The van der Waals surface area contributed by atoms with E-state index in [0.717, 1.165) is 0 Å². The number of benzene rings is 1. The molecule has 2 aromatic rings. The Balaban J connectivity index is 1.83. The molecule has 10 heteroatoms. The van der Waals surface area contributed by atoms with E-state index in [0.29, 0.717) is 18.8 Å². The summed E-state index contributed by atoms with van der Waals surface area (Å²) >= 11 is 5.37. The Morgan fingerprint density at radius 2 is 1.94 bits per heavy atom. The molecule has 0 amide bonds. The lowest BCUT2D eigenvalue weighted by molar-refractivity contribution is -0.0422. The molecular formula is C26H34N2O6SSi. The molecule has 2 heterocycles. The minimum absolute atomic E-state index is 0.0201. The highest BCUT2D eigenvalue weighted by atomic mass is 32.1. The summed E-state index contributed by atoms with van der Waals surface area (Å²) in [6.07, 6.45) is 0.491. The number of hydrogen-bond acceptors (Lipinski definition) is 8. The van der Waals surface area contributed by atoms with Gasteiger partial charge in [0.05, 0.1) is 18.8 Å². The zero-order valence-corrected chi connectivity index (χ0v) is 23.5. The molecular weight excluding hydrogens is 496 g/mol. The maximum atomic E-state index is 12.6. The summed E-state index contributed by atoms with van der Waals surface area (Å²) in [7, 11) is -2.07. The van der Waals surface area contributed by atoms with Crippen molar-refractivity contribution in [1.82, 2.24) is 4.57 Å². The first-order chi connectivity index (χ1) is 17.0. The molecule has 0 radical (unpaired) electrons. The van der Waals surface area contributed by atoms with Gasteiger partial charge in [0.15, 0.2) is 8.32 Å². The third-order valence-electron chi connectivity index (χ3n) is 6.60. The van der Waals surface area contributed by atoms with Gasteiger partial charge in [-0.05, 0) is 43.3 Å². The zero-order chi connectivity index (χ0) is 26.5. The number of hydrogen-bond donors (Lipinski definition) is 0. The maximum absolute atomic E-state index is 12.6. The summed E-state index contributed by atoms with van der Waals surface area (Å²) in [5.41, 5.74) is 0.371. The second-order valence-corrected chi connectivity index (χ2v) is 15.2. The zero-order valence-electron chi connectivity index (χ0n) is 21.6. The molecule has 1 aliphatic heterocycles. The summed E-state index contributed by atoms with van der Waals surface area (Å²) in [5, 5.41) is 9.51. The van der Waals surface area contributed by atoms with Gasteiger partial charge in [-0.15, -0.1) is 0 Å². The number of carbonyl (C=O) groups excluding carboxylic acids is 1. The SMILES string of the molecule is CCOC(=O)c1c(C#N)ccn1[C@H]1C[C@H](OC(=S)Oc2ccccc2)[C@@H](CO[Si](C)(C)C(C)(C)C)O1. The fourth-order valence-electron chi connectivity index (χ4n) is 3.58. The van der Waals surface area contributed by atoms with Crippen molar-refractivity contribution in [2.24, 2.45) is 0 Å². The van der Waals surface area contributed by atoms with Crippen LogP contribution < -0.4 is 4.74 Å². The van der Waals surface area contributed by atoms with E-state index in [1.807, 2.05) is 18.2 Å². The van der Waals surface area contributed by atoms with Crippen LogP contribution in [-0.2, 0) is 18.6 Å². The van der Waals surface area contributed by atoms with Gasteiger partial charge < -0.3 is 27.9 Å². The highest BCUT2D eigenvalue weighted by Gasteiger charge is 2.43. The van der Waals surface area contributed by atoms with Crippen LogP contribution in [0.1, 0.15) is 56.4 Å². The topological polar surface area (TPSA) is 91.9 Å². The maximum Gasteiger partial charge on any atom is 0.358 e. The molecule has 1 aromatic carbocycles. The highest BCUT2D eigenvalue weighted by molar-refractivity contribution is 7.79. The molecule has 0 aliphatic carbocycles. The minimum atomic E-state index is -2.07. The Morgan fingerprint density at radius 3 is 2.56 bits per heavy atom. The van der Waals surface area contributed by atoms with Gasteiger partial charge in [0, 0.05) is 24.8 Å². The lowest BCUT2D eigenvalue weighted by atomic mass is 10.2. The molecule has 1 saturated heterocycles. The smallest absolute Gasteiger partial charge is 0.358 e. The molecule has 1 aliphatic rings. The number of nitrogens with zero attached hydrogens (tertiary/aromatic N) is 2. The minimum Gasteiger partial charge on any atom is -0.461 e. The molecule has 0 unspecified atom stereocenters. The number of ether oxygens (including phenoxy) is 4. The van der Waals surface area contributed by atoms with Crippen LogP contribution in [0.2, 0.25) is 18.1 Å². The molecule has 0 N–H and O–H groups in total. The van der Waals surface area contributed by atoms with Crippen LogP contribution in [0.4, 0.5) is 0 Å². The quantitative estimate of drug-likeness (QED) is 0.248. The van der Waals surface area contributed by atoms with Gasteiger partial charge in [0.2, 0.25) is 0 Å². The Hall–Kier alpha value is -2.71. The van der Waals surface area contributed by atoms with Crippen molar-refractivity contribution in [2.75, 3.05) is 13.2 Å². The van der Waals surface area contributed by atoms with Gasteiger partial charge in [-0.3, -0.25) is 0 Å². The van der Waals surface area contributed by atoms with Crippen molar-refractivity contribution in [3.8, 4) is 11.8 Å². The molecule has 3 atom stereocenters. The van der Waals surface area contributed by atoms with Crippen molar-refractivity contribution in [3.05, 3.63) is 53.9 Å². The Bertz CT molecular complexity index is 1110. The molecule has 1 aromatic heterocycles. The Morgan fingerprint density at radius 1 is 1.25 bits per heavy atom. The first kappa shape index (κ1) is 27.9. The Kier molecular flexibility index (Phi) is 8.95. The largest absolute Gasteiger partial charge is 0.461 e. The van der Waals surface area contributed by atoms with Crippen LogP contribution in [0.25, 0.3) is 0 Å². The fourth-order valence-corrected chi connectivity index (χ4v) is 4.81. The van der Waals surface area contributed by atoms with Crippen LogP contribution in [0.5, 0.6) is 5.75 Å². The summed E-state index contributed by atoms with van der Waals surface area (Å²) < 4.78 is 31.3. The van der Waals surface area contributed by atoms with Gasteiger partial charge in [0.25, 0.3) is 0 Å². The number of rotatable bonds is 8. The molecule has 8 nitrogen and oxygen atoms in total. The second-order valence-electron chi connectivity index (χ2n) is 10.1. The van der Waals surface area contributed by atoms with E-state index in [4.69, 9.17) is 35.6 Å². The lowest BCUT2D eigenvalue weighted by Crippen LogP contribution is -2.44. The average molecular weight is 531 g/mol. The summed E-state index contributed by atoms with van der Waals surface area (Å²) in [6.45, 7) is 13.1. The lowest BCUT2D eigenvalue weighted by Gasteiger charge is -2.37. The molecule has 194 valence electrons. The number of thiocarbonyl (C=S) groups is 1. The first-order valence-corrected chi connectivity index (χ1v) is 15.3. The highest BCUT2D eigenvalue weighted by Crippen LogP contribution is 2.39. The van der Waals surface area contributed by atoms with Crippen LogP contribution in [0.3, 0.4) is 0 Å². The van der Waals surface area contributed by atoms with E-state index in [2.05, 4.69) is 39.9 Å². The van der Waals surface area contributed by atoms with Crippen molar-refractivity contribution in [3.63, 3.8) is 0 Å². The van der Waals surface area contributed by atoms with Crippen LogP contribution in [0, 0.1) is 11.3 Å². The number of nitriles is 1. The summed E-state index contributed by atoms with van der Waals surface area (Å²) in [6, 6.07) is 12.8. The van der Waals surface area contributed by atoms with Crippen LogP contribution in [0.15, 0.2) is 42.6 Å². The first-order valence-electron chi connectivity index (χ1n) is 12.0. The van der Waals surface area contributed by atoms with E-state index < -0.39 is 32.7 Å². The molecule has 0 bridgehead atoms. The van der Waals surface area contributed by atoms with Gasteiger partial charge in [-0.25, -0.2) is 4.79 Å². The van der Waals surface area contributed by atoms with Gasteiger partial charge in [-0.2, -0.15) is 5.26 Å². The third kappa shape index (κ3) is 6.53. The number of aromatic nitrogens is 1. The normalized spacial score (nSPS) is 20.0. The van der Waals surface area contributed by atoms with Gasteiger partial charge >= 0.3 is 11.2 Å². The van der Waals surface area contributed by atoms with E-state index in [9.17, 15) is 10.1 Å². The van der Waals surface area contributed by atoms with E-state index in [1.54, 1.807) is 35.9 Å². The van der Waals surface area contributed by atoms with Crippen LogP contribution >= 0.6 is 12.2 Å². The number of esters is 1. The average Bonchev–Trinajstić information content (AvgIpc) is 3.41. The van der Waals surface area contributed by atoms with Gasteiger partial charge in [0.1, 0.15) is 35.9 Å². The molecule has 36 heavy (non-hydrogen) atoms. The molecule has 1 fully saturated rings. The summed E-state index contributed by atoms with van der Waals surface area (Å²) in [4.78, 5) is 12.6. The van der Waals surface area contributed by atoms with E-state index >= 15 is 0 Å². The van der Waals surface area contributed by atoms with Gasteiger partial charge in [-0.1, -0.05) is 39.0 Å². The fraction of sp³-hybridized carbons (Fsp3) is 0.500. The van der Waals surface area contributed by atoms with Crippen molar-refractivity contribution in [2.45, 2.75) is 70.7 Å². The van der Waals surface area contributed by atoms with E-state index in [-0.39, 0.29) is 28.1 Å². The summed E-state index contributed by atoms with van der Waals surface area (Å²) in [5.74, 6) is -0.00951. The molecule has 3 rings (SSSR count). The van der Waals surface area contributed by atoms with E-state index in [1.165, 1.54) is 0 Å². The predicted octanol–water partition coefficient (Wildman–Crippen LogP) is 5.59. The molecule has 0 spiro atoms. The monoisotopic (exact) mass is 530 g/mol. The molecule has 0 saturated carbocycles. The second kappa shape index (κ2) is 11.6. The number of para-hydroxylation sites is 1. The van der Waals surface area contributed by atoms with Crippen molar-refractivity contribution >= 4 is 31.7 Å². The van der Waals surface area contributed by atoms with Crippen molar-refractivity contribution < 1.29 is 28.2 Å². The Labute approximate surface area is 219 Å². The standard InChI is InChI=1S/C26H34N2O6SSi/c1-7-30-24(29)23-18(16-27)13-14-28(23)22-15-20(34-25(35)32-19-11-9-8-10-12-19)21(33-22)17-31-36(5,6)26(2,3)4/h8-14,20-22H,7,15,17H2,1-6H3/t20-,21+,22+/m0/s1. The van der Waals surface area contributed by atoms with Crippen LogP contribution in [-0.4, -0.2) is 49.5 Å². The third-order valence-corrected chi connectivity index (χ3v) is 11.3.